The number of hydrogen-bond acceptors (Lipinski definition) is 4. The van der Waals surface area contributed by atoms with Crippen LogP contribution >= 0.6 is 0 Å². The highest BCUT2D eigenvalue weighted by Crippen LogP contribution is 2.20. The predicted octanol–water partition coefficient (Wildman–Crippen LogP) is 2.09. The third kappa shape index (κ3) is 3.14. The average Bonchev–Trinajstić information content (AvgIpc) is 2.40. The normalized spacial score (nSPS) is 23.4. The van der Waals surface area contributed by atoms with E-state index in [1.54, 1.807) is 0 Å². The Bertz CT molecular complexity index is 461. The van der Waals surface area contributed by atoms with Gasteiger partial charge >= 0.3 is 0 Å². The Labute approximate surface area is 104 Å². The van der Waals surface area contributed by atoms with Crippen LogP contribution in [0.3, 0.4) is 0 Å². The first-order chi connectivity index (χ1) is 8.69. The van der Waals surface area contributed by atoms with Gasteiger partial charge in [-0.3, -0.25) is 0 Å². The van der Waals surface area contributed by atoms with Gasteiger partial charge in [-0.25, -0.2) is 4.39 Å². The first kappa shape index (κ1) is 12.7. The molecule has 0 amide bonds. The molecule has 18 heavy (non-hydrogen) atoms. The molecule has 1 saturated heterocycles. The minimum absolute atomic E-state index is 0.0316. The van der Waals surface area contributed by atoms with E-state index < -0.39 is 11.8 Å². The minimum Gasteiger partial charge on any atom is -0.376 e. The van der Waals surface area contributed by atoms with Crippen LogP contribution in [0.1, 0.15) is 12.8 Å². The summed E-state index contributed by atoms with van der Waals surface area (Å²) in [6.45, 7) is 0.829. The van der Waals surface area contributed by atoms with Gasteiger partial charge in [0.05, 0.1) is 18.1 Å². The summed E-state index contributed by atoms with van der Waals surface area (Å²) in [5, 5.41) is 11.5. The van der Waals surface area contributed by atoms with Crippen LogP contribution in [0.15, 0.2) is 12.1 Å². The summed E-state index contributed by atoms with van der Waals surface area (Å²) in [5.74, 6) is -1.50. The van der Waals surface area contributed by atoms with E-state index in [9.17, 15) is 8.78 Å². The van der Waals surface area contributed by atoms with Gasteiger partial charge in [0, 0.05) is 13.2 Å². The van der Waals surface area contributed by atoms with Gasteiger partial charge in [0.15, 0.2) is 11.6 Å². The predicted molar refractivity (Wildman–Crippen MR) is 60.7 cm³/mol. The zero-order valence-corrected chi connectivity index (χ0v) is 9.70. The van der Waals surface area contributed by atoms with Crippen molar-refractivity contribution in [2.75, 3.05) is 18.5 Å². The standard InChI is InChI=1S/C12H13F2N3O/c13-10-1-2-11(14)17-12(10)16-7-9-5-8(6-15)3-4-18-9/h1-2,8-9H,3-5,7H2,(H,16,17). The van der Waals surface area contributed by atoms with E-state index in [1.165, 1.54) is 0 Å². The molecule has 0 radical (unpaired) electrons. The van der Waals surface area contributed by atoms with Crippen LogP contribution < -0.4 is 5.32 Å². The topological polar surface area (TPSA) is 57.9 Å². The molecule has 1 aromatic rings. The number of hydrogen-bond donors (Lipinski definition) is 1. The maximum absolute atomic E-state index is 13.3. The molecule has 1 aromatic heterocycles. The summed E-state index contributed by atoms with van der Waals surface area (Å²) in [7, 11) is 0. The highest BCUT2D eigenvalue weighted by atomic mass is 19.1. The summed E-state index contributed by atoms with van der Waals surface area (Å²) < 4.78 is 31.6. The molecule has 1 fully saturated rings. The van der Waals surface area contributed by atoms with Crippen molar-refractivity contribution >= 4 is 5.82 Å². The van der Waals surface area contributed by atoms with E-state index in [0.29, 0.717) is 19.6 Å². The number of pyridine rings is 1. The zero-order valence-electron chi connectivity index (χ0n) is 9.70. The molecule has 2 unspecified atom stereocenters. The molecule has 6 heteroatoms. The lowest BCUT2D eigenvalue weighted by Crippen LogP contribution is -2.31. The van der Waals surface area contributed by atoms with E-state index in [0.717, 1.165) is 18.6 Å². The largest absolute Gasteiger partial charge is 0.376 e. The Morgan fingerprint density at radius 3 is 3.11 bits per heavy atom. The van der Waals surface area contributed by atoms with Crippen molar-refractivity contribution in [3.63, 3.8) is 0 Å². The fourth-order valence-electron chi connectivity index (χ4n) is 1.89. The van der Waals surface area contributed by atoms with Crippen LogP contribution in [0.5, 0.6) is 0 Å². The molecule has 0 aromatic carbocycles. The van der Waals surface area contributed by atoms with Crippen molar-refractivity contribution in [1.29, 1.82) is 5.26 Å². The number of rotatable bonds is 3. The second-order valence-corrected chi connectivity index (χ2v) is 4.19. The SMILES string of the molecule is N#CC1CCOC(CNc2nc(F)ccc2F)C1. The van der Waals surface area contributed by atoms with Crippen LogP contribution in [0, 0.1) is 29.0 Å². The van der Waals surface area contributed by atoms with Crippen LogP contribution in [0.4, 0.5) is 14.6 Å². The lowest BCUT2D eigenvalue weighted by Gasteiger charge is -2.26. The van der Waals surface area contributed by atoms with E-state index in [4.69, 9.17) is 10.00 Å². The number of anilines is 1. The van der Waals surface area contributed by atoms with Gasteiger partial charge in [0.2, 0.25) is 5.95 Å². The van der Waals surface area contributed by atoms with Crippen molar-refractivity contribution in [2.24, 2.45) is 5.92 Å². The van der Waals surface area contributed by atoms with Crippen LogP contribution in [0.2, 0.25) is 0 Å². The molecular weight excluding hydrogens is 240 g/mol. The molecule has 1 N–H and O–H groups in total. The molecule has 2 heterocycles. The third-order valence-corrected chi connectivity index (χ3v) is 2.86. The van der Waals surface area contributed by atoms with Crippen molar-refractivity contribution in [2.45, 2.75) is 18.9 Å². The van der Waals surface area contributed by atoms with Crippen molar-refractivity contribution in [1.82, 2.24) is 4.98 Å². The molecule has 0 spiro atoms. The maximum atomic E-state index is 13.3. The fraction of sp³-hybridized carbons (Fsp3) is 0.500. The van der Waals surface area contributed by atoms with Gasteiger partial charge in [-0.15, -0.1) is 0 Å². The van der Waals surface area contributed by atoms with Gasteiger partial charge in [0.25, 0.3) is 0 Å². The van der Waals surface area contributed by atoms with Gasteiger partial charge in [-0.2, -0.15) is 14.6 Å². The molecule has 4 nitrogen and oxygen atoms in total. The summed E-state index contributed by atoms with van der Waals surface area (Å²) in [6, 6.07) is 4.18. The molecule has 0 bridgehead atoms. The smallest absolute Gasteiger partial charge is 0.214 e. The Hall–Kier alpha value is -1.74. The molecular formula is C12H13F2N3O. The number of halogens is 2. The number of ether oxygens (including phenoxy) is 1. The fourth-order valence-corrected chi connectivity index (χ4v) is 1.89. The van der Waals surface area contributed by atoms with Crippen molar-refractivity contribution in [3.05, 3.63) is 23.9 Å². The summed E-state index contributed by atoms with van der Waals surface area (Å²) in [5.41, 5.74) is 0. The Balaban J connectivity index is 1.91. The van der Waals surface area contributed by atoms with Gasteiger partial charge in [-0.05, 0) is 25.0 Å². The average molecular weight is 253 g/mol. The summed E-state index contributed by atoms with van der Waals surface area (Å²) in [4.78, 5) is 3.42. The maximum Gasteiger partial charge on any atom is 0.214 e. The molecule has 1 aliphatic heterocycles. The highest BCUT2D eigenvalue weighted by molar-refractivity contribution is 5.35. The first-order valence-electron chi connectivity index (χ1n) is 5.76. The first-order valence-corrected chi connectivity index (χ1v) is 5.76. The molecule has 1 aliphatic rings. The van der Waals surface area contributed by atoms with E-state index >= 15 is 0 Å². The van der Waals surface area contributed by atoms with Crippen LogP contribution in [-0.4, -0.2) is 24.2 Å². The second-order valence-electron chi connectivity index (χ2n) is 4.19. The number of aromatic nitrogens is 1. The van der Waals surface area contributed by atoms with Gasteiger partial charge in [0.1, 0.15) is 0 Å². The van der Waals surface area contributed by atoms with E-state index in [1.807, 2.05) is 0 Å². The molecule has 0 aliphatic carbocycles. The Kier molecular flexibility index (Phi) is 4.05. The molecule has 0 saturated carbocycles. The van der Waals surface area contributed by atoms with Crippen LogP contribution in [-0.2, 0) is 4.74 Å². The lowest BCUT2D eigenvalue weighted by molar-refractivity contribution is 0.0104. The van der Waals surface area contributed by atoms with Gasteiger partial charge < -0.3 is 10.1 Å². The van der Waals surface area contributed by atoms with Crippen molar-refractivity contribution in [3.8, 4) is 6.07 Å². The number of nitrogens with one attached hydrogen (secondary N) is 1. The van der Waals surface area contributed by atoms with E-state index in [-0.39, 0.29) is 17.8 Å². The van der Waals surface area contributed by atoms with Crippen LogP contribution in [0.25, 0.3) is 0 Å². The quantitative estimate of drug-likeness (QED) is 0.838. The number of nitrogens with zero attached hydrogens (tertiary/aromatic N) is 2. The zero-order chi connectivity index (χ0) is 13.0. The monoisotopic (exact) mass is 253 g/mol. The Morgan fingerprint density at radius 2 is 2.33 bits per heavy atom. The lowest BCUT2D eigenvalue weighted by atomic mass is 9.97. The van der Waals surface area contributed by atoms with E-state index in [2.05, 4.69) is 16.4 Å². The summed E-state index contributed by atoms with van der Waals surface area (Å²) >= 11 is 0. The molecule has 2 atom stereocenters. The summed E-state index contributed by atoms with van der Waals surface area (Å²) in [6.07, 6.45) is 1.15. The Morgan fingerprint density at radius 1 is 1.50 bits per heavy atom. The third-order valence-electron chi connectivity index (χ3n) is 2.86. The second kappa shape index (κ2) is 5.74. The van der Waals surface area contributed by atoms with Crippen molar-refractivity contribution < 1.29 is 13.5 Å². The highest BCUT2D eigenvalue weighted by Gasteiger charge is 2.22. The van der Waals surface area contributed by atoms with Gasteiger partial charge in [-0.1, -0.05) is 0 Å². The number of nitriles is 1. The molecule has 2 rings (SSSR count). The molecule has 96 valence electrons. The minimum atomic E-state index is -0.738.